The molecule has 128 valence electrons. The monoisotopic (exact) mass is 327 g/mol. The van der Waals surface area contributed by atoms with Crippen LogP contribution in [0.4, 0.5) is 0 Å². The molecule has 0 amide bonds. The number of aliphatic hydroxyl groups excluding tert-OH is 1. The zero-order valence-corrected chi connectivity index (χ0v) is 14.1. The predicted molar refractivity (Wildman–Crippen MR) is 92.6 cm³/mol. The van der Waals surface area contributed by atoms with Gasteiger partial charge in [0.2, 0.25) is 0 Å². The summed E-state index contributed by atoms with van der Waals surface area (Å²) in [6.07, 6.45) is 5.15. The first-order valence-electron chi connectivity index (χ1n) is 8.81. The predicted octanol–water partition coefficient (Wildman–Crippen LogP) is 3.45. The number of fused-ring (bicyclic) bond motifs is 1. The zero-order chi connectivity index (χ0) is 16.6. The Kier molecular flexibility index (Phi) is 4.21. The van der Waals surface area contributed by atoms with Crippen LogP contribution in [0.5, 0.6) is 0 Å². The maximum atomic E-state index is 10.2. The van der Waals surface area contributed by atoms with Crippen LogP contribution in [-0.2, 0) is 11.3 Å². The molecule has 4 rings (SSSR count). The molecule has 2 heterocycles. The fraction of sp³-hybridized carbons (Fsp3) is 0.500. The molecule has 0 bridgehead atoms. The number of ether oxygens (including phenoxy) is 1. The molecule has 1 saturated carbocycles. The lowest BCUT2D eigenvalue weighted by molar-refractivity contribution is -0.0879. The number of furan rings is 1. The minimum atomic E-state index is -0.209. The molecule has 2 aromatic rings. The summed E-state index contributed by atoms with van der Waals surface area (Å²) in [6.45, 7) is 1.87. The van der Waals surface area contributed by atoms with Crippen molar-refractivity contribution < 1.29 is 14.3 Å². The number of likely N-dealkylation sites (tertiary alicyclic amines) is 1. The molecule has 4 nitrogen and oxygen atoms in total. The van der Waals surface area contributed by atoms with E-state index in [1.54, 1.807) is 6.26 Å². The molecule has 1 aliphatic carbocycles. The van der Waals surface area contributed by atoms with Crippen molar-refractivity contribution in [2.24, 2.45) is 0 Å². The molecular weight excluding hydrogens is 302 g/mol. The van der Waals surface area contributed by atoms with Crippen molar-refractivity contribution in [2.75, 3.05) is 13.7 Å². The summed E-state index contributed by atoms with van der Waals surface area (Å²) < 4.78 is 11.6. The number of benzene rings is 1. The van der Waals surface area contributed by atoms with Gasteiger partial charge in [0.25, 0.3) is 0 Å². The van der Waals surface area contributed by atoms with Gasteiger partial charge in [-0.3, -0.25) is 4.90 Å². The third-order valence-corrected chi connectivity index (χ3v) is 5.85. The van der Waals surface area contributed by atoms with E-state index in [9.17, 15) is 5.11 Å². The first-order valence-corrected chi connectivity index (χ1v) is 8.81. The smallest absolute Gasteiger partial charge is 0.134 e. The maximum absolute atomic E-state index is 10.2. The Morgan fingerprint density at radius 2 is 2.12 bits per heavy atom. The second-order valence-corrected chi connectivity index (χ2v) is 7.07. The number of hydrogen-bond donors (Lipinski definition) is 1. The van der Waals surface area contributed by atoms with Crippen molar-refractivity contribution in [3.05, 3.63) is 48.2 Å². The van der Waals surface area contributed by atoms with Crippen LogP contribution in [-0.4, -0.2) is 41.4 Å². The van der Waals surface area contributed by atoms with Gasteiger partial charge in [-0.15, -0.1) is 0 Å². The lowest BCUT2D eigenvalue weighted by Crippen LogP contribution is -2.51. The molecule has 0 radical (unpaired) electrons. The van der Waals surface area contributed by atoms with Gasteiger partial charge in [-0.2, -0.15) is 0 Å². The summed E-state index contributed by atoms with van der Waals surface area (Å²) in [4.78, 5) is 2.48. The summed E-state index contributed by atoms with van der Waals surface area (Å²) in [7, 11) is 1.82. The summed E-state index contributed by atoms with van der Waals surface area (Å²) in [5.41, 5.74) is 2.33. The van der Waals surface area contributed by atoms with Gasteiger partial charge in [0.15, 0.2) is 0 Å². The largest absolute Gasteiger partial charge is 0.464 e. The van der Waals surface area contributed by atoms with Crippen LogP contribution in [0.25, 0.3) is 11.3 Å². The van der Waals surface area contributed by atoms with Crippen LogP contribution < -0.4 is 0 Å². The molecule has 1 N–H and O–H groups in total. The lowest BCUT2D eigenvalue weighted by atomic mass is 9.79. The Morgan fingerprint density at radius 1 is 1.25 bits per heavy atom. The van der Waals surface area contributed by atoms with Gasteiger partial charge in [-0.25, -0.2) is 0 Å². The second-order valence-electron chi connectivity index (χ2n) is 7.07. The Balaban J connectivity index is 1.60. The molecule has 1 aliphatic heterocycles. The second kappa shape index (κ2) is 6.36. The minimum absolute atomic E-state index is 0.0845. The first-order chi connectivity index (χ1) is 11.7. The molecule has 1 aromatic heterocycles. The van der Waals surface area contributed by atoms with Crippen molar-refractivity contribution in [1.29, 1.82) is 0 Å². The highest BCUT2D eigenvalue weighted by Crippen LogP contribution is 2.43. The third-order valence-electron chi connectivity index (χ3n) is 5.85. The molecule has 0 spiro atoms. The summed E-state index contributed by atoms with van der Waals surface area (Å²) >= 11 is 0. The topological polar surface area (TPSA) is 45.8 Å². The molecule has 24 heavy (non-hydrogen) atoms. The van der Waals surface area contributed by atoms with Crippen molar-refractivity contribution >= 4 is 0 Å². The Morgan fingerprint density at radius 3 is 2.92 bits per heavy atom. The van der Waals surface area contributed by atoms with Gasteiger partial charge < -0.3 is 14.3 Å². The summed E-state index contributed by atoms with van der Waals surface area (Å²) in [5, 5.41) is 10.2. The number of nitrogens with zero attached hydrogens (tertiary/aromatic N) is 1. The summed E-state index contributed by atoms with van der Waals surface area (Å²) in [5.74, 6) is 0.909. The van der Waals surface area contributed by atoms with Gasteiger partial charge in [-0.05, 0) is 43.4 Å². The molecule has 3 atom stereocenters. The molecule has 2 fully saturated rings. The van der Waals surface area contributed by atoms with E-state index in [0.29, 0.717) is 0 Å². The summed E-state index contributed by atoms with van der Waals surface area (Å²) in [6, 6.07) is 12.6. The van der Waals surface area contributed by atoms with Crippen LogP contribution in [0.1, 0.15) is 31.2 Å². The molecule has 1 saturated heterocycles. The van der Waals surface area contributed by atoms with E-state index in [0.717, 1.165) is 50.1 Å². The van der Waals surface area contributed by atoms with E-state index in [1.165, 1.54) is 5.56 Å². The Labute approximate surface area is 143 Å². The molecule has 0 unspecified atom stereocenters. The standard InChI is InChI=1S/C20H25NO3/c1-23-20-9-8-16(22)13-19(20)21(11-10-20)14-15-5-2-3-6-17(15)18-7-4-12-24-18/h2-7,12,16,19,22H,8-11,13-14H2,1H3/t16-,19-,20+/m1/s1. The van der Waals surface area contributed by atoms with E-state index in [1.807, 2.05) is 19.2 Å². The Hall–Kier alpha value is -1.62. The highest BCUT2D eigenvalue weighted by Gasteiger charge is 2.50. The van der Waals surface area contributed by atoms with Crippen molar-refractivity contribution in [2.45, 2.75) is 50.0 Å². The van der Waals surface area contributed by atoms with Crippen LogP contribution in [0.2, 0.25) is 0 Å². The number of methoxy groups -OCH3 is 1. The van der Waals surface area contributed by atoms with Crippen molar-refractivity contribution in [1.82, 2.24) is 4.90 Å². The van der Waals surface area contributed by atoms with Crippen LogP contribution in [0, 0.1) is 0 Å². The molecule has 1 aromatic carbocycles. The fourth-order valence-corrected chi connectivity index (χ4v) is 4.51. The number of aliphatic hydroxyl groups is 1. The normalized spacial score (nSPS) is 30.4. The SMILES string of the molecule is CO[C@]12CC[C@@H](O)C[C@H]1N(Cc1ccccc1-c1ccco1)CC2. The zero-order valence-electron chi connectivity index (χ0n) is 14.1. The van der Waals surface area contributed by atoms with Gasteiger partial charge in [0.1, 0.15) is 5.76 Å². The minimum Gasteiger partial charge on any atom is -0.464 e. The third kappa shape index (κ3) is 2.69. The molecule has 4 heteroatoms. The average molecular weight is 327 g/mol. The highest BCUT2D eigenvalue weighted by atomic mass is 16.5. The van der Waals surface area contributed by atoms with E-state index >= 15 is 0 Å². The average Bonchev–Trinajstić information content (AvgIpc) is 3.25. The molecule has 2 aliphatic rings. The van der Waals surface area contributed by atoms with Gasteiger partial charge >= 0.3 is 0 Å². The molecular formula is C20H25NO3. The Bertz CT molecular complexity index is 684. The van der Waals surface area contributed by atoms with Crippen LogP contribution >= 0.6 is 0 Å². The quantitative estimate of drug-likeness (QED) is 0.934. The van der Waals surface area contributed by atoms with Gasteiger partial charge in [-0.1, -0.05) is 24.3 Å². The van der Waals surface area contributed by atoms with Crippen LogP contribution in [0.3, 0.4) is 0 Å². The van der Waals surface area contributed by atoms with Gasteiger partial charge in [0, 0.05) is 31.8 Å². The van der Waals surface area contributed by atoms with E-state index in [2.05, 4.69) is 29.2 Å². The number of rotatable bonds is 4. The lowest BCUT2D eigenvalue weighted by Gasteiger charge is -2.42. The maximum Gasteiger partial charge on any atom is 0.134 e. The number of hydrogen-bond acceptors (Lipinski definition) is 4. The first kappa shape index (κ1) is 15.9. The highest BCUT2D eigenvalue weighted by molar-refractivity contribution is 5.61. The van der Waals surface area contributed by atoms with Crippen LogP contribution in [0.15, 0.2) is 47.1 Å². The van der Waals surface area contributed by atoms with E-state index in [4.69, 9.17) is 9.15 Å². The van der Waals surface area contributed by atoms with E-state index in [-0.39, 0.29) is 17.7 Å². The van der Waals surface area contributed by atoms with E-state index < -0.39 is 0 Å². The van der Waals surface area contributed by atoms with Crippen molar-refractivity contribution in [3.8, 4) is 11.3 Å². The van der Waals surface area contributed by atoms with Gasteiger partial charge in [0.05, 0.1) is 18.0 Å². The van der Waals surface area contributed by atoms with Crippen molar-refractivity contribution in [3.63, 3.8) is 0 Å². The fourth-order valence-electron chi connectivity index (χ4n) is 4.51.